The highest BCUT2D eigenvalue weighted by Crippen LogP contribution is 2.18. The number of rotatable bonds is 7. The van der Waals surface area contributed by atoms with Crippen molar-refractivity contribution in [2.75, 3.05) is 26.2 Å². The van der Waals surface area contributed by atoms with Gasteiger partial charge in [0, 0.05) is 25.2 Å². The molecule has 124 valence electrons. The molecule has 3 N–H and O–H groups in total. The first-order valence-electron chi connectivity index (χ1n) is 7.16. The Morgan fingerprint density at radius 2 is 2.00 bits per heavy atom. The zero-order valence-electron chi connectivity index (χ0n) is 12.5. The number of benzene rings is 1. The SMILES string of the molecule is CCCNCCNS(=O)(=O)c1ccc2c(c1)C(=O)NCC2.Cl. The van der Waals surface area contributed by atoms with Crippen LogP contribution in [0.1, 0.15) is 29.3 Å². The predicted molar refractivity (Wildman–Crippen MR) is 88.1 cm³/mol. The summed E-state index contributed by atoms with van der Waals surface area (Å²) < 4.78 is 26.9. The summed E-state index contributed by atoms with van der Waals surface area (Å²) in [7, 11) is -3.57. The molecule has 6 nitrogen and oxygen atoms in total. The van der Waals surface area contributed by atoms with E-state index in [0.29, 0.717) is 25.2 Å². The van der Waals surface area contributed by atoms with Crippen molar-refractivity contribution in [2.24, 2.45) is 0 Å². The summed E-state index contributed by atoms with van der Waals surface area (Å²) in [5.74, 6) is -0.210. The van der Waals surface area contributed by atoms with Gasteiger partial charge in [-0.3, -0.25) is 4.79 Å². The second-order valence-corrected chi connectivity index (χ2v) is 6.74. The van der Waals surface area contributed by atoms with Gasteiger partial charge < -0.3 is 10.6 Å². The van der Waals surface area contributed by atoms with Crippen molar-refractivity contribution in [3.8, 4) is 0 Å². The smallest absolute Gasteiger partial charge is 0.251 e. The highest BCUT2D eigenvalue weighted by molar-refractivity contribution is 7.89. The minimum Gasteiger partial charge on any atom is -0.352 e. The van der Waals surface area contributed by atoms with Crippen molar-refractivity contribution >= 4 is 28.3 Å². The number of sulfonamides is 1. The number of carbonyl (C=O) groups is 1. The van der Waals surface area contributed by atoms with Gasteiger partial charge in [0.15, 0.2) is 0 Å². The molecular formula is C14H22ClN3O3S. The molecule has 1 aliphatic heterocycles. The second kappa shape index (κ2) is 8.47. The average Bonchev–Trinajstić information content (AvgIpc) is 2.47. The Balaban J connectivity index is 0.00000242. The first-order valence-corrected chi connectivity index (χ1v) is 8.64. The fourth-order valence-electron chi connectivity index (χ4n) is 2.22. The first-order chi connectivity index (χ1) is 10.0. The van der Waals surface area contributed by atoms with Crippen molar-refractivity contribution in [3.63, 3.8) is 0 Å². The standard InChI is InChI=1S/C14H21N3O3S.ClH/c1-2-6-15-8-9-17-21(19,20)12-4-3-11-5-7-16-14(18)13(11)10-12;/h3-4,10,15,17H,2,5-9H2,1H3,(H,16,18);1H. The van der Waals surface area contributed by atoms with Gasteiger partial charge in [-0.05, 0) is 37.1 Å². The van der Waals surface area contributed by atoms with Gasteiger partial charge in [-0.2, -0.15) is 0 Å². The minimum atomic E-state index is -3.57. The number of hydrogen-bond acceptors (Lipinski definition) is 4. The van der Waals surface area contributed by atoms with Crippen LogP contribution in [0, 0.1) is 0 Å². The van der Waals surface area contributed by atoms with Gasteiger partial charge in [-0.1, -0.05) is 13.0 Å². The Morgan fingerprint density at radius 3 is 2.73 bits per heavy atom. The maximum absolute atomic E-state index is 12.2. The molecule has 1 aliphatic rings. The lowest BCUT2D eigenvalue weighted by Gasteiger charge is -2.17. The normalized spacial score (nSPS) is 14.0. The van der Waals surface area contributed by atoms with Crippen molar-refractivity contribution in [2.45, 2.75) is 24.7 Å². The molecule has 0 aromatic heterocycles. The van der Waals surface area contributed by atoms with Crippen LogP contribution in [-0.2, 0) is 16.4 Å². The molecule has 0 fully saturated rings. The highest BCUT2D eigenvalue weighted by atomic mass is 35.5. The zero-order chi connectivity index (χ0) is 15.3. The lowest BCUT2D eigenvalue weighted by Crippen LogP contribution is -2.34. The van der Waals surface area contributed by atoms with Gasteiger partial charge in [0.2, 0.25) is 10.0 Å². The van der Waals surface area contributed by atoms with Crippen LogP contribution in [0.4, 0.5) is 0 Å². The van der Waals surface area contributed by atoms with Gasteiger partial charge in [-0.15, -0.1) is 12.4 Å². The third kappa shape index (κ3) is 4.67. The number of halogens is 1. The van der Waals surface area contributed by atoms with Crippen LogP contribution in [0.25, 0.3) is 0 Å². The molecule has 0 saturated carbocycles. The molecule has 1 aromatic carbocycles. The fraction of sp³-hybridized carbons (Fsp3) is 0.500. The van der Waals surface area contributed by atoms with Crippen LogP contribution in [0.3, 0.4) is 0 Å². The second-order valence-electron chi connectivity index (χ2n) is 4.97. The predicted octanol–water partition coefficient (Wildman–Crippen LogP) is 0.672. The van der Waals surface area contributed by atoms with Crippen LogP contribution < -0.4 is 15.4 Å². The van der Waals surface area contributed by atoms with E-state index in [0.717, 1.165) is 24.9 Å². The molecule has 0 spiro atoms. The summed E-state index contributed by atoms with van der Waals surface area (Å²) in [5, 5.41) is 5.84. The molecule has 2 rings (SSSR count). The monoisotopic (exact) mass is 347 g/mol. The fourth-order valence-corrected chi connectivity index (χ4v) is 3.27. The van der Waals surface area contributed by atoms with Crippen LogP contribution in [0.2, 0.25) is 0 Å². The number of nitrogens with one attached hydrogen (secondary N) is 3. The third-order valence-electron chi connectivity index (χ3n) is 3.34. The molecule has 0 saturated heterocycles. The molecule has 1 aromatic rings. The van der Waals surface area contributed by atoms with Gasteiger partial charge in [0.25, 0.3) is 5.91 Å². The lowest BCUT2D eigenvalue weighted by molar-refractivity contribution is 0.0945. The number of carbonyl (C=O) groups excluding carboxylic acids is 1. The van der Waals surface area contributed by atoms with Crippen LogP contribution in [0.5, 0.6) is 0 Å². The minimum absolute atomic E-state index is 0. The Kier molecular flexibility index (Phi) is 7.28. The van der Waals surface area contributed by atoms with E-state index in [2.05, 4.69) is 22.3 Å². The van der Waals surface area contributed by atoms with Crippen molar-refractivity contribution < 1.29 is 13.2 Å². The maximum atomic E-state index is 12.2. The summed E-state index contributed by atoms with van der Waals surface area (Å²) in [4.78, 5) is 11.9. The molecule has 0 radical (unpaired) electrons. The topological polar surface area (TPSA) is 87.3 Å². The van der Waals surface area contributed by atoms with E-state index in [9.17, 15) is 13.2 Å². The van der Waals surface area contributed by atoms with Gasteiger partial charge in [0.1, 0.15) is 0 Å². The Bertz CT molecular complexity index is 620. The van der Waals surface area contributed by atoms with E-state index < -0.39 is 10.0 Å². The largest absolute Gasteiger partial charge is 0.352 e. The van der Waals surface area contributed by atoms with Gasteiger partial charge >= 0.3 is 0 Å². The van der Waals surface area contributed by atoms with E-state index in [1.807, 2.05) is 0 Å². The van der Waals surface area contributed by atoms with Crippen molar-refractivity contribution in [1.82, 2.24) is 15.4 Å². The Labute approximate surface area is 137 Å². The van der Waals surface area contributed by atoms with Gasteiger partial charge in [0.05, 0.1) is 4.90 Å². The Hall–Kier alpha value is -1.15. The summed E-state index contributed by atoms with van der Waals surface area (Å²) in [5.41, 5.74) is 1.34. The first kappa shape index (κ1) is 18.9. The summed E-state index contributed by atoms with van der Waals surface area (Å²) >= 11 is 0. The summed E-state index contributed by atoms with van der Waals surface area (Å²) in [6, 6.07) is 4.73. The molecule has 1 heterocycles. The molecule has 0 aliphatic carbocycles. The molecule has 0 atom stereocenters. The van der Waals surface area contributed by atoms with E-state index >= 15 is 0 Å². The molecule has 8 heteroatoms. The lowest BCUT2D eigenvalue weighted by atomic mass is 10.0. The molecule has 1 amide bonds. The van der Waals surface area contributed by atoms with Crippen LogP contribution >= 0.6 is 12.4 Å². The van der Waals surface area contributed by atoms with Crippen molar-refractivity contribution in [3.05, 3.63) is 29.3 Å². The highest BCUT2D eigenvalue weighted by Gasteiger charge is 2.21. The quantitative estimate of drug-likeness (QED) is 0.633. The third-order valence-corrected chi connectivity index (χ3v) is 4.80. The van der Waals surface area contributed by atoms with Crippen LogP contribution in [-0.4, -0.2) is 40.5 Å². The van der Waals surface area contributed by atoms with Crippen molar-refractivity contribution in [1.29, 1.82) is 0 Å². The van der Waals surface area contributed by atoms with E-state index in [4.69, 9.17) is 0 Å². The van der Waals surface area contributed by atoms with E-state index in [1.165, 1.54) is 6.07 Å². The van der Waals surface area contributed by atoms with E-state index in [1.54, 1.807) is 12.1 Å². The summed E-state index contributed by atoms with van der Waals surface area (Å²) in [6.45, 7) is 4.42. The molecule has 22 heavy (non-hydrogen) atoms. The number of amides is 1. The maximum Gasteiger partial charge on any atom is 0.251 e. The number of fused-ring (bicyclic) bond motifs is 1. The van der Waals surface area contributed by atoms with E-state index in [-0.39, 0.29) is 23.2 Å². The van der Waals surface area contributed by atoms with Crippen LogP contribution in [0.15, 0.2) is 23.1 Å². The Morgan fingerprint density at radius 1 is 1.23 bits per heavy atom. The molecule has 0 unspecified atom stereocenters. The molecule has 0 bridgehead atoms. The zero-order valence-corrected chi connectivity index (χ0v) is 14.1. The average molecular weight is 348 g/mol. The number of hydrogen-bond donors (Lipinski definition) is 3. The summed E-state index contributed by atoms with van der Waals surface area (Å²) in [6.07, 6.45) is 1.74. The molecular weight excluding hydrogens is 326 g/mol. The van der Waals surface area contributed by atoms with Gasteiger partial charge in [-0.25, -0.2) is 13.1 Å².